The van der Waals surface area contributed by atoms with Crippen molar-refractivity contribution < 1.29 is 4.39 Å². The summed E-state index contributed by atoms with van der Waals surface area (Å²) in [6.07, 6.45) is 3.64. The number of nitrogens with one attached hydrogen (secondary N) is 1. The molecule has 1 fully saturated rings. The minimum Gasteiger partial charge on any atom is -0.313 e. The average Bonchev–Trinajstić information content (AvgIpc) is 2.41. The van der Waals surface area contributed by atoms with Crippen LogP contribution in [0.15, 0.2) is 18.2 Å². The zero-order chi connectivity index (χ0) is 13.7. The fourth-order valence-electron chi connectivity index (χ4n) is 2.61. The lowest BCUT2D eigenvalue weighted by Gasteiger charge is -2.33. The molecule has 0 saturated carbocycles. The van der Waals surface area contributed by atoms with E-state index >= 15 is 0 Å². The van der Waals surface area contributed by atoms with Gasteiger partial charge in [0.15, 0.2) is 0 Å². The molecule has 1 heterocycles. The highest BCUT2D eigenvalue weighted by Gasteiger charge is 2.19. The van der Waals surface area contributed by atoms with Gasteiger partial charge in [-0.05, 0) is 50.0 Å². The van der Waals surface area contributed by atoms with Gasteiger partial charge in [-0.15, -0.1) is 0 Å². The predicted octanol–water partition coefficient (Wildman–Crippen LogP) is 3.44. The van der Waals surface area contributed by atoms with Gasteiger partial charge in [0.25, 0.3) is 0 Å². The Bertz CT molecular complexity index is 411. The summed E-state index contributed by atoms with van der Waals surface area (Å²) < 4.78 is 13.1. The first-order valence-corrected chi connectivity index (χ1v) is 7.46. The molecule has 1 saturated heterocycles. The maximum absolute atomic E-state index is 13.1. The molecular formula is C15H22ClFN2. The van der Waals surface area contributed by atoms with Crippen molar-refractivity contribution in [1.82, 2.24) is 10.2 Å². The zero-order valence-corrected chi connectivity index (χ0v) is 12.2. The number of benzene rings is 1. The third kappa shape index (κ3) is 4.44. The Hall–Kier alpha value is -0.640. The number of hydrogen-bond acceptors (Lipinski definition) is 2. The van der Waals surface area contributed by atoms with Gasteiger partial charge in [0, 0.05) is 19.1 Å². The standard InChI is InChI=1S/C15H22ClFN2/c1-2-7-18-13-4-3-8-19(11-13)10-12-5-6-15(17)14(16)9-12/h5-6,9,13,18H,2-4,7-8,10-11H2,1H3. The van der Waals surface area contributed by atoms with Crippen LogP contribution < -0.4 is 5.32 Å². The van der Waals surface area contributed by atoms with Crippen LogP contribution >= 0.6 is 11.6 Å². The molecule has 1 aromatic carbocycles. The first-order valence-electron chi connectivity index (χ1n) is 7.08. The first kappa shape index (κ1) is 14.8. The van der Waals surface area contributed by atoms with Crippen LogP contribution in [0.3, 0.4) is 0 Å². The van der Waals surface area contributed by atoms with Crippen LogP contribution in [-0.2, 0) is 6.54 Å². The molecule has 1 aliphatic rings. The lowest BCUT2D eigenvalue weighted by atomic mass is 10.0. The van der Waals surface area contributed by atoms with Crippen molar-refractivity contribution in [2.24, 2.45) is 0 Å². The van der Waals surface area contributed by atoms with Crippen molar-refractivity contribution in [3.63, 3.8) is 0 Å². The highest BCUT2D eigenvalue weighted by atomic mass is 35.5. The van der Waals surface area contributed by atoms with Gasteiger partial charge in [0.1, 0.15) is 5.82 Å². The highest BCUT2D eigenvalue weighted by Crippen LogP contribution is 2.19. The summed E-state index contributed by atoms with van der Waals surface area (Å²) in [5, 5.41) is 3.80. The fourth-order valence-corrected chi connectivity index (χ4v) is 2.81. The molecule has 1 aromatic rings. The summed E-state index contributed by atoms with van der Waals surface area (Å²) in [7, 11) is 0. The van der Waals surface area contributed by atoms with E-state index in [1.54, 1.807) is 6.07 Å². The van der Waals surface area contributed by atoms with E-state index in [9.17, 15) is 4.39 Å². The van der Waals surface area contributed by atoms with Crippen molar-refractivity contribution >= 4 is 11.6 Å². The molecule has 0 radical (unpaired) electrons. The van der Waals surface area contributed by atoms with Gasteiger partial charge < -0.3 is 5.32 Å². The lowest BCUT2D eigenvalue weighted by Crippen LogP contribution is -2.45. The second-order valence-corrected chi connectivity index (χ2v) is 5.68. The highest BCUT2D eigenvalue weighted by molar-refractivity contribution is 6.30. The van der Waals surface area contributed by atoms with Crippen LogP contribution in [0.4, 0.5) is 4.39 Å². The Morgan fingerprint density at radius 1 is 1.47 bits per heavy atom. The summed E-state index contributed by atoms with van der Waals surface area (Å²) in [5.41, 5.74) is 1.09. The van der Waals surface area contributed by atoms with E-state index in [2.05, 4.69) is 17.1 Å². The van der Waals surface area contributed by atoms with Crippen LogP contribution in [0.25, 0.3) is 0 Å². The third-order valence-corrected chi connectivity index (χ3v) is 3.87. The lowest BCUT2D eigenvalue weighted by molar-refractivity contribution is 0.183. The number of hydrogen-bond donors (Lipinski definition) is 1. The van der Waals surface area contributed by atoms with Gasteiger partial charge in [-0.2, -0.15) is 0 Å². The summed E-state index contributed by atoms with van der Waals surface area (Å²) in [4.78, 5) is 2.42. The number of piperidine rings is 1. The SMILES string of the molecule is CCCNC1CCCN(Cc2ccc(F)c(Cl)c2)C1. The molecule has 19 heavy (non-hydrogen) atoms. The molecule has 0 amide bonds. The van der Waals surface area contributed by atoms with Crippen molar-refractivity contribution in [2.75, 3.05) is 19.6 Å². The fraction of sp³-hybridized carbons (Fsp3) is 0.600. The van der Waals surface area contributed by atoms with Crippen LogP contribution in [0.2, 0.25) is 5.02 Å². The van der Waals surface area contributed by atoms with Gasteiger partial charge >= 0.3 is 0 Å². The second kappa shape index (κ2) is 7.22. The largest absolute Gasteiger partial charge is 0.313 e. The normalized spacial score (nSPS) is 20.7. The quantitative estimate of drug-likeness (QED) is 0.891. The van der Waals surface area contributed by atoms with Crippen LogP contribution in [0.1, 0.15) is 31.7 Å². The Morgan fingerprint density at radius 3 is 3.05 bits per heavy atom. The van der Waals surface area contributed by atoms with E-state index in [0.717, 1.165) is 31.7 Å². The molecule has 0 bridgehead atoms. The van der Waals surface area contributed by atoms with Gasteiger partial charge in [-0.25, -0.2) is 4.39 Å². The van der Waals surface area contributed by atoms with E-state index < -0.39 is 0 Å². The predicted molar refractivity (Wildman–Crippen MR) is 78.0 cm³/mol. The number of nitrogens with zero attached hydrogens (tertiary/aromatic N) is 1. The summed E-state index contributed by atoms with van der Waals surface area (Å²) in [6, 6.07) is 5.60. The van der Waals surface area contributed by atoms with Crippen molar-refractivity contribution in [2.45, 2.75) is 38.8 Å². The first-order chi connectivity index (χ1) is 9.19. The second-order valence-electron chi connectivity index (χ2n) is 5.28. The average molecular weight is 285 g/mol. The maximum Gasteiger partial charge on any atom is 0.141 e. The van der Waals surface area contributed by atoms with Crippen molar-refractivity contribution in [1.29, 1.82) is 0 Å². The summed E-state index contributed by atoms with van der Waals surface area (Å²) >= 11 is 5.82. The molecule has 106 valence electrons. The Morgan fingerprint density at radius 2 is 2.32 bits per heavy atom. The van der Waals surface area contributed by atoms with E-state index in [-0.39, 0.29) is 10.8 Å². The van der Waals surface area contributed by atoms with Gasteiger partial charge in [-0.1, -0.05) is 24.6 Å². The molecule has 0 aliphatic carbocycles. The number of likely N-dealkylation sites (tertiary alicyclic amines) is 1. The van der Waals surface area contributed by atoms with E-state index in [4.69, 9.17) is 11.6 Å². The molecule has 1 unspecified atom stereocenters. The Balaban J connectivity index is 1.89. The molecule has 2 rings (SSSR count). The molecule has 1 aliphatic heterocycles. The number of halogens is 2. The van der Waals surface area contributed by atoms with Crippen molar-refractivity contribution in [3.05, 3.63) is 34.6 Å². The van der Waals surface area contributed by atoms with Crippen LogP contribution in [0.5, 0.6) is 0 Å². The smallest absolute Gasteiger partial charge is 0.141 e. The monoisotopic (exact) mass is 284 g/mol. The minimum absolute atomic E-state index is 0.218. The Labute approximate surface area is 119 Å². The van der Waals surface area contributed by atoms with E-state index in [1.165, 1.54) is 25.3 Å². The summed E-state index contributed by atoms with van der Waals surface area (Å²) in [5.74, 6) is -0.341. The van der Waals surface area contributed by atoms with Crippen molar-refractivity contribution in [3.8, 4) is 0 Å². The third-order valence-electron chi connectivity index (χ3n) is 3.58. The molecule has 0 spiro atoms. The molecule has 2 nitrogen and oxygen atoms in total. The molecule has 0 aromatic heterocycles. The minimum atomic E-state index is -0.341. The van der Waals surface area contributed by atoms with Gasteiger partial charge in [0.05, 0.1) is 5.02 Å². The van der Waals surface area contributed by atoms with Gasteiger partial charge in [-0.3, -0.25) is 4.90 Å². The van der Waals surface area contributed by atoms with Gasteiger partial charge in [0.2, 0.25) is 0 Å². The van der Waals surface area contributed by atoms with Crippen LogP contribution in [0, 0.1) is 5.82 Å². The summed E-state index contributed by atoms with van der Waals surface area (Å²) in [6.45, 7) is 6.30. The topological polar surface area (TPSA) is 15.3 Å². The molecular weight excluding hydrogens is 263 g/mol. The molecule has 4 heteroatoms. The van der Waals surface area contributed by atoms with Crippen LogP contribution in [-0.4, -0.2) is 30.6 Å². The Kier molecular flexibility index (Phi) is 5.61. The maximum atomic E-state index is 13.1. The van der Waals surface area contributed by atoms with E-state index in [0.29, 0.717) is 6.04 Å². The molecule has 1 atom stereocenters. The zero-order valence-electron chi connectivity index (χ0n) is 11.5. The van der Waals surface area contributed by atoms with E-state index in [1.807, 2.05) is 6.07 Å². The molecule has 1 N–H and O–H groups in total. The number of rotatable bonds is 5.